The number of benzene rings is 1. The third kappa shape index (κ3) is 2.93. The van der Waals surface area contributed by atoms with Gasteiger partial charge in [0.25, 0.3) is 0 Å². The Morgan fingerprint density at radius 2 is 2.12 bits per heavy atom. The molecule has 0 bridgehead atoms. The molecule has 1 saturated heterocycles. The lowest BCUT2D eigenvalue weighted by Crippen LogP contribution is -2.44. The molecule has 2 heterocycles. The SMILES string of the molecule is O=C(O)C1CCCN(C(=O)Nc2ccc3nc(C4CC4)oc3c2)C1. The maximum atomic E-state index is 12.4. The second kappa shape index (κ2) is 5.81. The van der Waals surface area contributed by atoms with E-state index in [4.69, 9.17) is 9.52 Å². The Morgan fingerprint density at radius 1 is 1.29 bits per heavy atom. The number of anilines is 1. The van der Waals surface area contributed by atoms with Gasteiger partial charge in [0.1, 0.15) is 5.52 Å². The zero-order valence-corrected chi connectivity index (χ0v) is 13.2. The third-order valence-corrected chi connectivity index (χ3v) is 4.64. The van der Waals surface area contributed by atoms with E-state index >= 15 is 0 Å². The number of nitrogens with one attached hydrogen (secondary N) is 1. The number of nitrogens with zero attached hydrogens (tertiary/aromatic N) is 2. The highest BCUT2D eigenvalue weighted by atomic mass is 16.4. The topological polar surface area (TPSA) is 95.7 Å². The predicted octanol–water partition coefficient (Wildman–Crippen LogP) is 3.03. The van der Waals surface area contributed by atoms with Crippen molar-refractivity contribution in [1.82, 2.24) is 9.88 Å². The lowest BCUT2D eigenvalue weighted by molar-refractivity contribution is -0.143. The van der Waals surface area contributed by atoms with Crippen molar-refractivity contribution in [2.75, 3.05) is 18.4 Å². The van der Waals surface area contributed by atoms with Crippen LogP contribution in [0.3, 0.4) is 0 Å². The van der Waals surface area contributed by atoms with Crippen LogP contribution in [0.1, 0.15) is 37.5 Å². The van der Waals surface area contributed by atoms with Crippen molar-refractivity contribution in [2.45, 2.75) is 31.6 Å². The summed E-state index contributed by atoms with van der Waals surface area (Å²) in [4.78, 5) is 29.5. The molecule has 2 aliphatic rings. The number of carbonyl (C=O) groups is 2. The monoisotopic (exact) mass is 329 g/mol. The van der Waals surface area contributed by atoms with Gasteiger partial charge >= 0.3 is 12.0 Å². The standard InChI is InChI=1S/C17H19N3O4/c21-16(22)11-2-1-7-20(9-11)17(23)18-12-5-6-13-14(8-12)24-15(19-13)10-3-4-10/h5-6,8,10-11H,1-4,7,9H2,(H,18,23)(H,21,22). The number of likely N-dealkylation sites (tertiary alicyclic amines) is 1. The summed E-state index contributed by atoms with van der Waals surface area (Å²) in [5, 5.41) is 11.9. The molecule has 7 heteroatoms. The summed E-state index contributed by atoms with van der Waals surface area (Å²) >= 11 is 0. The van der Waals surface area contributed by atoms with Crippen LogP contribution in [0.25, 0.3) is 11.1 Å². The molecule has 2 aromatic rings. The van der Waals surface area contributed by atoms with Crippen LogP contribution in [-0.4, -0.2) is 40.1 Å². The van der Waals surface area contributed by atoms with Gasteiger partial charge in [-0.15, -0.1) is 0 Å². The first-order valence-electron chi connectivity index (χ1n) is 8.29. The Balaban J connectivity index is 1.46. The van der Waals surface area contributed by atoms with Gasteiger partial charge in [0.05, 0.1) is 5.92 Å². The number of piperidine rings is 1. The van der Waals surface area contributed by atoms with Crippen LogP contribution in [0.5, 0.6) is 0 Å². The molecule has 0 spiro atoms. The summed E-state index contributed by atoms with van der Waals surface area (Å²) in [6, 6.07) is 5.11. The number of hydrogen-bond donors (Lipinski definition) is 2. The van der Waals surface area contributed by atoms with E-state index in [-0.39, 0.29) is 12.6 Å². The Morgan fingerprint density at radius 3 is 2.88 bits per heavy atom. The molecule has 7 nitrogen and oxygen atoms in total. The lowest BCUT2D eigenvalue weighted by atomic mass is 9.99. The highest BCUT2D eigenvalue weighted by Crippen LogP contribution is 2.40. The summed E-state index contributed by atoms with van der Waals surface area (Å²) in [5.74, 6) is -0.115. The number of carbonyl (C=O) groups excluding carboxylic acids is 1. The zero-order valence-electron chi connectivity index (χ0n) is 13.2. The zero-order chi connectivity index (χ0) is 16.7. The lowest BCUT2D eigenvalue weighted by Gasteiger charge is -2.30. The number of fused-ring (bicyclic) bond motifs is 1. The van der Waals surface area contributed by atoms with E-state index in [0.717, 1.165) is 24.2 Å². The minimum Gasteiger partial charge on any atom is -0.481 e. The van der Waals surface area contributed by atoms with E-state index in [1.54, 1.807) is 17.0 Å². The molecule has 1 aliphatic heterocycles. The average Bonchev–Trinajstić information content (AvgIpc) is 3.34. The van der Waals surface area contributed by atoms with Gasteiger partial charge < -0.3 is 19.7 Å². The number of hydrogen-bond acceptors (Lipinski definition) is 4. The Bertz CT molecular complexity index is 796. The molecular weight excluding hydrogens is 310 g/mol. The van der Waals surface area contributed by atoms with E-state index < -0.39 is 11.9 Å². The Labute approximate surface area is 138 Å². The van der Waals surface area contributed by atoms with E-state index in [1.807, 2.05) is 6.07 Å². The molecule has 2 amide bonds. The first-order valence-corrected chi connectivity index (χ1v) is 8.29. The number of amides is 2. The van der Waals surface area contributed by atoms with Crippen LogP contribution in [0, 0.1) is 5.92 Å². The van der Waals surface area contributed by atoms with Gasteiger partial charge in [-0.05, 0) is 37.8 Å². The molecule has 1 atom stereocenters. The maximum absolute atomic E-state index is 12.4. The highest BCUT2D eigenvalue weighted by molar-refractivity contribution is 5.92. The molecule has 1 saturated carbocycles. The largest absolute Gasteiger partial charge is 0.481 e. The maximum Gasteiger partial charge on any atom is 0.321 e. The van der Waals surface area contributed by atoms with Gasteiger partial charge in [-0.1, -0.05) is 0 Å². The van der Waals surface area contributed by atoms with E-state index in [2.05, 4.69) is 10.3 Å². The second-order valence-electron chi connectivity index (χ2n) is 6.56. The van der Waals surface area contributed by atoms with Crippen molar-refractivity contribution in [2.24, 2.45) is 5.92 Å². The Hall–Kier alpha value is -2.57. The smallest absolute Gasteiger partial charge is 0.321 e. The van der Waals surface area contributed by atoms with Crippen molar-refractivity contribution >= 4 is 28.8 Å². The number of carboxylic acids is 1. The summed E-state index contributed by atoms with van der Waals surface area (Å²) in [6.45, 7) is 0.823. The van der Waals surface area contributed by atoms with Crippen LogP contribution >= 0.6 is 0 Å². The number of carboxylic acid groups (broad SMARTS) is 1. The Kier molecular flexibility index (Phi) is 3.63. The summed E-state index contributed by atoms with van der Waals surface area (Å²) < 4.78 is 5.75. The van der Waals surface area contributed by atoms with Gasteiger partial charge in [-0.3, -0.25) is 4.79 Å². The first-order chi connectivity index (χ1) is 11.6. The molecular formula is C17H19N3O4. The molecule has 4 rings (SSSR count). The fourth-order valence-electron chi connectivity index (χ4n) is 3.09. The molecule has 2 fully saturated rings. The summed E-state index contributed by atoms with van der Waals surface area (Å²) in [7, 11) is 0. The van der Waals surface area contributed by atoms with Gasteiger partial charge in [-0.25, -0.2) is 9.78 Å². The molecule has 1 aromatic heterocycles. The average molecular weight is 329 g/mol. The van der Waals surface area contributed by atoms with Gasteiger partial charge in [0.15, 0.2) is 11.5 Å². The normalized spacial score (nSPS) is 21.0. The van der Waals surface area contributed by atoms with Gasteiger partial charge in [0.2, 0.25) is 0 Å². The molecule has 1 unspecified atom stereocenters. The molecule has 1 aromatic carbocycles. The number of oxazole rings is 1. The minimum atomic E-state index is -0.844. The molecule has 126 valence electrons. The number of rotatable bonds is 3. The first kappa shape index (κ1) is 15.0. The van der Waals surface area contributed by atoms with E-state index in [0.29, 0.717) is 36.6 Å². The van der Waals surface area contributed by atoms with Crippen molar-refractivity contribution in [3.63, 3.8) is 0 Å². The fraction of sp³-hybridized carbons (Fsp3) is 0.471. The predicted molar refractivity (Wildman–Crippen MR) is 86.9 cm³/mol. The van der Waals surface area contributed by atoms with E-state index in [9.17, 15) is 9.59 Å². The van der Waals surface area contributed by atoms with Crippen LogP contribution in [0.15, 0.2) is 22.6 Å². The molecule has 0 radical (unpaired) electrons. The van der Waals surface area contributed by atoms with Crippen molar-refractivity contribution in [1.29, 1.82) is 0 Å². The molecule has 1 aliphatic carbocycles. The number of urea groups is 1. The second-order valence-corrected chi connectivity index (χ2v) is 6.56. The minimum absolute atomic E-state index is 0.248. The van der Waals surface area contributed by atoms with E-state index in [1.165, 1.54) is 0 Å². The van der Waals surface area contributed by atoms with Crippen LogP contribution in [0.4, 0.5) is 10.5 Å². The molecule has 24 heavy (non-hydrogen) atoms. The molecule has 2 N–H and O–H groups in total. The third-order valence-electron chi connectivity index (χ3n) is 4.64. The van der Waals surface area contributed by atoms with Crippen LogP contribution in [-0.2, 0) is 4.79 Å². The summed E-state index contributed by atoms with van der Waals surface area (Å²) in [6.07, 6.45) is 3.57. The highest BCUT2D eigenvalue weighted by Gasteiger charge is 2.29. The number of aromatic nitrogens is 1. The van der Waals surface area contributed by atoms with Gasteiger partial charge in [-0.2, -0.15) is 0 Å². The van der Waals surface area contributed by atoms with Crippen molar-refractivity contribution in [3.8, 4) is 0 Å². The van der Waals surface area contributed by atoms with Crippen molar-refractivity contribution < 1.29 is 19.1 Å². The van der Waals surface area contributed by atoms with Crippen LogP contribution < -0.4 is 5.32 Å². The van der Waals surface area contributed by atoms with Gasteiger partial charge in [0, 0.05) is 30.8 Å². The quantitative estimate of drug-likeness (QED) is 0.902. The summed E-state index contributed by atoms with van der Waals surface area (Å²) in [5.41, 5.74) is 2.08. The van der Waals surface area contributed by atoms with Crippen molar-refractivity contribution in [3.05, 3.63) is 24.1 Å². The van der Waals surface area contributed by atoms with Crippen LogP contribution in [0.2, 0.25) is 0 Å². The number of aliphatic carboxylic acids is 1. The fourth-order valence-corrected chi connectivity index (χ4v) is 3.09.